The average molecular weight is 290 g/mol. The molecule has 1 saturated heterocycles. The van der Waals surface area contributed by atoms with Gasteiger partial charge in [-0.3, -0.25) is 0 Å². The summed E-state index contributed by atoms with van der Waals surface area (Å²) in [6.45, 7) is 4.64. The molecule has 2 N–H and O–H groups in total. The highest BCUT2D eigenvalue weighted by Gasteiger charge is 2.32. The van der Waals surface area contributed by atoms with E-state index < -0.39 is 0 Å². The highest BCUT2D eigenvalue weighted by Crippen LogP contribution is 2.31. The summed E-state index contributed by atoms with van der Waals surface area (Å²) in [5, 5.41) is 13.4. The molecule has 1 aliphatic heterocycles. The maximum absolute atomic E-state index is 9.67. The molecular formula is C17H26N2O2. The summed E-state index contributed by atoms with van der Waals surface area (Å²) in [6.07, 6.45) is 5.27. The zero-order chi connectivity index (χ0) is 14.8. The number of piperidine rings is 1. The number of ether oxygens (including phenoxy) is 1. The molecule has 1 saturated carbocycles. The highest BCUT2D eigenvalue weighted by atomic mass is 16.5. The first-order chi connectivity index (χ1) is 10.2. The summed E-state index contributed by atoms with van der Waals surface area (Å²) in [4.78, 5) is 2.65. The van der Waals surface area contributed by atoms with Crippen molar-refractivity contribution in [3.8, 4) is 11.5 Å². The van der Waals surface area contributed by atoms with Gasteiger partial charge in [-0.15, -0.1) is 0 Å². The van der Waals surface area contributed by atoms with Gasteiger partial charge in [0, 0.05) is 18.1 Å². The van der Waals surface area contributed by atoms with Crippen molar-refractivity contribution in [1.82, 2.24) is 10.2 Å². The Bertz CT molecular complexity index is 480. The Morgan fingerprint density at radius 2 is 1.95 bits per heavy atom. The summed E-state index contributed by atoms with van der Waals surface area (Å²) < 4.78 is 5.19. The maximum atomic E-state index is 9.67. The van der Waals surface area contributed by atoms with E-state index in [0.29, 0.717) is 11.8 Å². The number of likely N-dealkylation sites (tertiary alicyclic amines) is 1. The number of phenolic OH excluding ortho intramolecular Hbond substituents is 1. The summed E-state index contributed by atoms with van der Waals surface area (Å²) in [5.74, 6) is 0.746. The fraction of sp³-hybridized carbons (Fsp3) is 0.647. The molecule has 0 amide bonds. The van der Waals surface area contributed by atoms with Crippen molar-refractivity contribution < 1.29 is 9.84 Å². The molecular weight excluding hydrogens is 264 g/mol. The topological polar surface area (TPSA) is 44.7 Å². The maximum Gasteiger partial charge on any atom is 0.160 e. The van der Waals surface area contributed by atoms with E-state index in [4.69, 9.17) is 4.74 Å². The fourth-order valence-corrected chi connectivity index (χ4v) is 3.28. The second-order valence-electron chi connectivity index (χ2n) is 6.36. The molecule has 21 heavy (non-hydrogen) atoms. The number of nitrogens with one attached hydrogen (secondary N) is 1. The number of methoxy groups -OCH3 is 1. The third kappa shape index (κ3) is 3.50. The van der Waals surface area contributed by atoms with Gasteiger partial charge in [0.2, 0.25) is 0 Å². The smallest absolute Gasteiger partial charge is 0.160 e. The summed E-state index contributed by atoms with van der Waals surface area (Å²) >= 11 is 0. The first-order valence-corrected chi connectivity index (χ1v) is 8.04. The molecule has 1 heterocycles. The lowest BCUT2D eigenvalue weighted by molar-refractivity contribution is 0.184. The van der Waals surface area contributed by atoms with Crippen LogP contribution in [-0.4, -0.2) is 42.3 Å². The molecule has 1 aliphatic carbocycles. The van der Waals surface area contributed by atoms with Gasteiger partial charge in [-0.1, -0.05) is 6.07 Å². The number of benzene rings is 1. The average Bonchev–Trinajstić information content (AvgIpc) is 3.33. The van der Waals surface area contributed by atoms with Crippen molar-refractivity contribution in [2.75, 3.05) is 20.2 Å². The SMILES string of the molecule is COc1cc(C(C)NC2CCN(C3CC3)CC2)ccc1O. The van der Waals surface area contributed by atoms with Crippen LogP contribution in [-0.2, 0) is 0 Å². The third-order valence-electron chi connectivity index (χ3n) is 4.78. The Hall–Kier alpha value is -1.26. The number of rotatable bonds is 5. The quantitative estimate of drug-likeness (QED) is 0.875. The van der Waals surface area contributed by atoms with E-state index in [1.54, 1.807) is 13.2 Å². The molecule has 2 aliphatic rings. The van der Waals surface area contributed by atoms with Gasteiger partial charge >= 0.3 is 0 Å². The molecule has 3 rings (SSSR count). The van der Waals surface area contributed by atoms with Crippen LogP contribution in [0, 0.1) is 0 Å². The molecule has 1 aromatic carbocycles. The van der Waals surface area contributed by atoms with Crippen LogP contribution in [0.1, 0.15) is 44.2 Å². The monoisotopic (exact) mass is 290 g/mol. The van der Waals surface area contributed by atoms with Gasteiger partial charge < -0.3 is 20.1 Å². The van der Waals surface area contributed by atoms with Crippen LogP contribution < -0.4 is 10.1 Å². The van der Waals surface area contributed by atoms with E-state index in [-0.39, 0.29) is 11.8 Å². The Morgan fingerprint density at radius 1 is 1.24 bits per heavy atom. The number of hydrogen-bond donors (Lipinski definition) is 2. The second-order valence-corrected chi connectivity index (χ2v) is 6.36. The normalized spacial score (nSPS) is 22.2. The third-order valence-corrected chi connectivity index (χ3v) is 4.78. The zero-order valence-electron chi connectivity index (χ0n) is 13.0. The Kier molecular flexibility index (Phi) is 4.36. The standard InChI is InChI=1S/C17H26N2O2/c1-12(13-3-6-16(20)17(11-13)21-2)18-14-7-9-19(10-8-14)15-4-5-15/h3,6,11-12,14-15,18,20H,4-5,7-10H2,1-2H3. The first kappa shape index (κ1) is 14.7. The number of aromatic hydroxyl groups is 1. The predicted molar refractivity (Wildman–Crippen MR) is 83.8 cm³/mol. The lowest BCUT2D eigenvalue weighted by Crippen LogP contribution is -2.44. The van der Waals surface area contributed by atoms with Gasteiger partial charge in [0.05, 0.1) is 7.11 Å². The molecule has 1 atom stereocenters. The number of hydrogen-bond acceptors (Lipinski definition) is 4. The van der Waals surface area contributed by atoms with Crippen LogP contribution in [0.5, 0.6) is 11.5 Å². The van der Waals surface area contributed by atoms with Crippen LogP contribution in [0.2, 0.25) is 0 Å². The molecule has 0 radical (unpaired) electrons. The van der Waals surface area contributed by atoms with Crippen molar-refractivity contribution in [2.24, 2.45) is 0 Å². The molecule has 1 aromatic rings. The van der Waals surface area contributed by atoms with E-state index in [1.807, 2.05) is 12.1 Å². The first-order valence-electron chi connectivity index (χ1n) is 8.04. The minimum Gasteiger partial charge on any atom is -0.504 e. The molecule has 1 unspecified atom stereocenters. The van der Waals surface area contributed by atoms with E-state index in [9.17, 15) is 5.11 Å². The zero-order valence-corrected chi connectivity index (χ0v) is 13.0. The molecule has 0 aromatic heterocycles. The summed E-state index contributed by atoms with van der Waals surface area (Å²) in [7, 11) is 1.59. The van der Waals surface area contributed by atoms with Crippen LogP contribution in [0.25, 0.3) is 0 Å². The number of phenols is 1. The second kappa shape index (κ2) is 6.24. The largest absolute Gasteiger partial charge is 0.504 e. The summed E-state index contributed by atoms with van der Waals surface area (Å²) in [6, 6.07) is 7.36. The molecule has 4 nitrogen and oxygen atoms in total. The van der Waals surface area contributed by atoms with Crippen molar-refractivity contribution in [1.29, 1.82) is 0 Å². The van der Waals surface area contributed by atoms with E-state index >= 15 is 0 Å². The summed E-state index contributed by atoms with van der Waals surface area (Å²) in [5.41, 5.74) is 1.16. The molecule has 0 bridgehead atoms. The molecule has 116 valence electrons. The lowest BCUT2D eigenvalue weighted by atomic mass is 10.0. The predicted octanol–water partition coefficient (Wildman–Crippen LogP) is 2.68. The van der Waals surface area contributed by atoms with Crippen LogP contribution >= 0.6 is 0 Å². The van der Waals surface area contributed by atoms with Gasteiger partial charge in [0.25, 0.3) is 0 Å². The van der Waals surface area contributed by atoms with Gasteiger partial charge in [-0.25, -0.2) is 0 Å². The molecule has 2 fully saturated rings. The Balaban J connectivity index is 1.55. The number of nitrogens with zero attached hydrogens (tertiary/aromatic N) is 1. The van der Waals surface area contributed by atoms with Gasteiger partial charge in [-0.2, -0.15) is 0 Å². The van der Waals surface area contributed by atoms with Crippen LogP contribution in [0.15, 0.2) is 18.2 Å². The molecule has 4 heteroatoms. The van der Waals surface area contributed by atoms with Crippen molar-refractivity contribution >= 4 is 0 Å². The van der Waals surface area contributed by atoms with Gasteiger partial charge in [0.1, 0.15) is 0 Å². The highest BCUT2D eigenvalue weighted by molar-refractivity contribution is 5.42. The van der Waals surface area contributed by atoms with Gasteiger partial charge in [0.15, 0.2) is 11.5 Å². The lowest BCUT2D eigenvalue weighted by Gasteiger charge is -2.34. The Morgan fingerprint density at radius 3 is 2.57 bits per heavy atom. The van der Waals surface area contributed by atoms with E-state index in [1.165, 1.54) is 38.8 Å². The Labute approximate surface area is 127 Å². The van der Waals surface area contributed by atoms with Crippen molar-refractivity contribution in [2.45, 2.75) is 50.7 Å². The van der Waals surface area contributed by atoms with Crippen LogP contribution in [0.3, 0.4) is 0 Å². The fourth-order valence-electron chi connectivity index (χ4n) is 3.28. The minimum atomic E-state index is 0.200. The minimum absolute atomic E-state index is 0.200. The molecule has 0 spiro atoms. The van der Waals surface area contributed by atoms with Crippen molar-refractivity contribution in [3.05, 3.63) is 23.8 Å². The van der Waals surface area contributed by atoms with E-state index in [0.717, 1.165) is 11.6 Å². The van der Waals surface area contributed by atoms with Crippen molar-refractivity contribution in [3.63, 3.8) is 0 Å². The van der Waals surface area contributed by atoms with Gasteiger partial charge in [-0.05, 0) is 63.4 Å². The van der Waals surface area contributed by atoms with E-state index in [2.05, 4.69) is 17.1 Å². The van der Waals surface area contributed by atoms with Crippen LogP contribution in [0.4, 0.5) is 0 Å².